The lowest BCUT2D eigenvalue weighted by Gasteiger charge is -2.14. The molecule has 0 saturated heterocycles. The monoisotopic (exact) mass is 318 g/mol. The van der Waals surface area contributed by atoms with Crippen LogP contribution in [0.1, 0.15) is 12.5 Å². The van der Waals surface area contributed by atoms with Crippen LogP contribution < -0.4 is 5.32 Å². The molecule has 21 heavy (non-hydrogen) atoms. The van der Waals surface area contributed by atoms with Gasteiger partial charge in [0.25, 0.3) is 5.69 Å². The van der Waals surface area contributed by atoms with E-state index in [1.54, 1.807) is 6.92 Å². The Kier molecular flexibility index (Phi) is 7.77. The molecule has 0 heterocycles. The Morgan fingerprint density at radius 3 is 2.38 bits per heavy atom. The first-order chi connectivity index (χ1) is 9.43. The van der Waals surface area contributed by atoms with Gasteiger partial charge in [-0.15, -0.1) is 12.4 Å². The molecule has 0 bridgehead atoms. The molecule has 0 aromatic heterocycles. The van der Waals surface area contributed by atoms with E-state index in [-0.39, 0.29) is 31.1 Å². The van der Waals surface area contributed by atoms with Gasteiger partial charge in [0.2, 0.25) is 0 Å². The smallest absolute Gasteiger partial charge is 0.407 e. The van der Waals surface area contributed by atoms with E-state index >= 15 is 0 Å². The summed E-state index contributed by atoms with van der Waals surface area (Å²) in [4.78, 5) is 32.2. The number of carboxylic acid groups (broad SMARTS) is 1. The first-order valence-corrected chi connectivity index (χ1v) is 5.83. The first kappa shape index (κ1) is 18.7. The van der Waals surface area contributed by atoms with Crippen LogP contribution in [-0.2, 0) is 16.0 Å². The highest BCUT2D eigenvalue weighted by atomic mass is 35.5. The fraction of sp³-hybridized carbons (Fsp3) is 0.333. The molecule has 8 nitrogen and oxygen atoms in total. The molecule has 0 fully saturated rings. The minimum Gasteiger partial charge on any atom is -0.480 e. The molecule has 9 heteroatoms. The average molecular weight is 319 g/mol. The Labute approximate surface area is 126 Å². The quantitative estimate of drug-likeness (QED) is 0.609. The molecule has 1 aromatic rings. The minimum absolute atomic E-state index is 0. The molecule has 0 radical (unpaired) electrons. The lowest BCUT2D eigenvalue weighted by molar-refractivity contribution is -0.384. The van der Waals surface area contributed by atoms with Gasteiger partial charge in [0.15, 0.2) is 0 Å². The van der Waals surface area contributed by atoms with Gasteiger partial charge in [0, 0.05) is 18.6 Å². The average Bonchev–Trinajstić information content (AvgIpc) is 2.38. The van der Waals surface area contributed by atoms with Gasteiger partial charge in [-0.25, -0.2) is 9.59 Å². The number of aliphatic carboxylic acids is 1. The van der Waals surface area contributed by atoms with Crippen LogP contribution in [0.25, 0.3) is 0 Å². The van der Waals surface area contributed by atoms with E-state index in [0.717, 1.165) is 0 Å². The minimum atomic E-state index is -1.21. The molecule has 0 spiro atoms. The zero-order chi connectivity index (χ0) is 15.1. The lowest BCUT2D eigenvalue weighted by atomic mass is 10.1. The summed E-state index contributed by atoms with van der Waals surface area (Å²) >= 11 is 0. The van der Waals surface area contributed by atoms with Crippen LogP contribution in [0, 0.1) is 10.1 Å². The summed E-state index contributed by atoms with van der Waals surface area (Å²) < 4.78 is 4.61. The number of nitro benzene ring substituents is 1. The number of carboxylic acids is 1. The summed E-state index contributed by atoms with van der Waals surface area (Å²) in [6.07, 6.45) is -0.812. The van der Waals surface area contributed by atoms with Crippen LogP contribution in [0.3, 0.4) is 0 Å². The first-order valence-electron chi connectivity index (χ1n) is 5.83. The maximum absolute atomic E-state index is 11.2. The van der Waals surface area contributed by atoms with E-state index in [4.69, 9.17) is 5.11 Å². The van der Waals surface area contributed by atoms with E-state index in [9.17, 15) is 19.7 Å². The molecule has 1 aromatic carbocycles. The van der Waals surface area contributed by atoms with Crippen molar-refractivity contribution in [2.45, 2.75) is 19.4 Å². The number of amides is 1. The van der Waals surface area contributed by atoms with Crippen molar-refractivity contribution in [2.75, 3.05) is 6.61 Å². The van der Waals surface area contributed by atoms with Gasteiger partial charge in [0.05, 0.1) is 11.5 Å². The van der Waals surface area contributed by atoms with Crippen molar-refractivity contribution in [1.29, 1.82) is 0 Å². The zero-order valence-corrected chi connectivity index (χ0v) is 12.0. The van der Waals surface area contributed by atoms with E-state index < -0.39 is 23.0 Å². The number of hydrogen-bond acceptors (Lipinski definition) is 5. The van der Waals surface area contributed by atoms with Crippen LogP contribution in [0.5, 0.6) is 0 Å². The van der Waals surface area contributed by atoms with Crippen molar-refractivity contribution in [1.82, 2.24) is 5.32 Å². The number of alkyl carbamates (subject to hydrolysis) is 1. The molecule has 0 saturated carbocycles. The maximum atomic E-state index is 11.2. The number of carbonyl (C=O) groups is 2. The van der Waals surface area contributed by atoms with Gasteiger partial charge in [-0.05, 0) is 12.5 Å². The Hall–Kier alpha value is -2.35. The number of benzene rings is 1. The summed E-state index contributed by atoms with van der Waals surface area (Å²) in [5.41, 5.74) is 0.471. The van der Waals surface area contributed by atoms with Gasteiger partial charge in [0.1, 0.15) is 6.04 Å². The predicted octanol–water partition coefficient (Wildman–Crippen LogP) is 1.76. The number of nitrogens with one attached hydrogen (secondary N) is 1. The van der Waals surface area contributed by atoms with Crippen molar-refractivity contribution in [3.8, 4) is 0 Å². The molecule has 0 aliphatic heterocycles. The zero-order valence-electron chi connectivity index (χ0n) is 11.1. The van der Waals surface area contributed by atoms with E-state index in [2.05, 4.69) is 10.1 Å². The summed E-state index contributed by atoms with van der Waals surface area (Å²) in [6, 6.07) is 4.29. The largest absolute Gasteiger partial charge is 0.480 e. The molecular formula is C12H15ClN2O6. The number of nitrogens with zero attached hydrogens (tertiary/aromatic N) is 1. The Morgan fingerprint density at radius 1 is 1.38 bits per heavy atom. The van der Waals surface area contributed by atoms with Crippen molar-refractivity contribution < 1.29 is 24.4 Å². The highest BCUT2D eigenvalue weighted by Gasteiger charge is 2.21. The predicted molar refractivity (Wildman–Crippen MR) is 75.6 cm³/mol. The highest BCUT2D eigenvalue weighted by Crippen LogP contribution is 2.13. The fourth-order valence-corrected chi connectivity index (χ4v) is 1.50. The molecular weight excluding hydrogens is 304 g/mol. The summed E-state index contributed by atoms with van der Waals surface area (Å²) in [6.45, 7) is 1.74. The maximum Gasteiger partial charge on any atom is 0.407 e. The van der Waals surface area contributed by atoms with Crippen LogP contribution in [-0.4, -0.2) is 34.7 Å². The lowest BCUT2D eigenvalue weighted by Crippen LogP contribution is -2.42. The molecule has 0 aliphatic carbocycles. The van der Waals surface area contributed by atoms with Gasteiger partial charge >= 0.3 is 12.1 Å². The second-order valence-corrected chi connectivity index (χ2v) is 3.88. The van der Waals surface area contributed by atoms with Crippen molar-refractivity contribution >= 4 is 30.2 Å². The number of rotatable bonds is 6. The number of hydrogen-bond donors (Lipinski definition) is 2. The second kappa shape index (κ2) is 8.75. The standard InChI is InChI=1S/C12H14N2O6.ClH/c1-2-20-12(17)13-10(11(15)16)7-8-3-5-9(6-4-8)14(18)19;/h3-6,10H,2,7H2,1H3,(H,13,17)(H,15,16);1H/t10-;/m0./s1. The number of non-ortho nitro benzene ring substituents is 1. The van der Waals surface area contributed by atoms with Gasteiger partial charge in [-0.1, -0.05) is 12.1 Å². The van der Waals surface area contributed by atoms with Crippen LogP contribution in [0.2, 0.25) is 0 Å². The van der Waals surface area contributed by atoms with Crippen LogP contribution >= 0.6 is 12.4 Å². The molecule has 1 atom stereocenters. The third kappa shape index (κ3) is 6.09. The van der Waals surface area contributed by atoms with E-state index in [0.29, 0.717) is 5.56 Å². The van der Waals surface area contributed by atoms with Crippen molar-refractivity contribution in [3.05, 3.63) is 39.9 Å². The number of nitro groups is 1. The van der Waals surface area contributed by atoms with Gasteiger partial charge < -0.3 is 15.2 Å². The van der Waals surface area contributed by atoms with E-state index in [1.807, 2.05) is 0 Å². The summed E-state index contributed by atoms with van der Waals surface area (Å²) in [5.74, 6) is -1.21. The summed E-state index contributed by atoms with van der Waals surface area (Å²) in [5, 5.41) is 21.7. The van der Waals surface area contributed by atoms with Crippen molar-refractivity contribution in [2.24, 2.45) is 0 Å². The second-order valence-electron chi connectivity index (χ2n) is 3.88. The number of halogens is 1. The molecule has 0 unspecified atom stereocenters. The topological polar surface area (TPSA) is 119 Å². The SMILES string of the molecule is CCOC(=O)N[C@@H](Cc1ccc([N+](=O)[O-])cc1)C(=O)O.Cl. The Balaban J connectivity index is 0.00000400. The third-order valence-corrected chi connectivity index (χ3v) is 2.45. The molecule has 2 N–H and O–H groups in total. The Morgan fingerprint density at radius 2 is 1.95 bits per heavy atom. The van der Waals surface area contributed by atoms with E-state index in [1.165, 1.54) is 24.3 Å². The van der Waals surface area contributed by atoms with Gasteiger partial charge in [-0.3, -0.25) is 10.1 Å². The van der Waals surface area contributed by atoms with Gasteiger partial charge in [-0.2, -0.15) is 0 Å². The number of ether oxygens (including phenoxy) is 1. The highest BCUT2D eigenvalue weighted by molar-refractivity contribution is 5.85. The van der Waals surface area contributed by atoms with Crippen LogP contribution in [0.4, 0.5) is 10.5 Å². The number of carbonyl (C=O) groups excluding carboxylic acids is 1. The summed E-state index contributed by atoms with van der Waals surface area (Å²) in [7, 11) is 0. The molecule has 1 amide bonds. The Bertz CT molecular complexity index is 505. The third-order valence-electron chi connectivity index (χ3n) is 2.45. The molecule has 1 rings (SSSR count). The van der Waals surface area contributed by atoms with Crippen LogP contribution in [0.15, 0.2) is 24.3 Å². The normalized spacial score (nSPS) is 10.9. The van der Waals surface area contributed by atoms with Crippen molar-refractivity contribution in [3.63, 3.8) is 0 Å². The molecule has 116 valence electrons. The molecule has 0 aliphatic rings. The fourth-order valence-electron chi connectivity index (χ4n) is 1.50.